The Morgan fingerprint density at radius 1 is 1.32 bits per heavy atom. The minimum atomic E-state index is -0.859. The van der Waals surface area contributed by atoms with E-state index in [9.17, 15) is 14.7 Å². The molecular formula is C17H16Cl2N2O3S. The summed E-state index contributed by atoms with van der Waals surface area (Å²) in [6.45, 7) is 2.55. The molecule has 1 aromatic heterocycles. The Morgan fingerprint density at radius 2 is 2.00 bits per heavy atom. The van der Waals surface area contributed by atoms with Crippen molar-refractivity contribution in [2.75, 3.05) is 13.1 Å². The topological polar surface area (TPSA) is 70.5 Å². The molecule has 1 fully saturated rings. The van der Waals surface area contributed by atoms with E-state index in [4.69, 9.17) is 23.2 Å². The summed E-state index contributed by atoms with van der Waals surface area (Å²) >= 11 is 13.7. The molecule has 0 unspecified atom stereocenters. The number of amides is 1. The molecule has 0 radical (unpaired) electrons. The van der Waals surface area contributed by atoms with Crippen molar-refractivity contribution >= 4 is 46.4 Å². The molecule has 8 heteroatoms. The summed E-state index contributed by atoms with van der Waals surface area (Å²) < 4.78 is 0. The van der Waals surface area contributed by atoms with Crippen molar-refractivity contribution in [1.82, 2.24) is 9.88 Å². The van der Waals surface area contributed by atoms with Gasteiger partial charge in [-0.2, -0.15) is 0 Å². The molecule has 2 aromatic rings. The van der Waals surface area contributed by atoms with Gasteiger partial charge in [0.05, 0.1) is 21.7 Å². The van der Waals surface area contributed by atoms with Crippen LogP contribution in [0.4, 0.5) is 0 Å². The Balaban J connectivity index is 1.90. The van der Waals surface area contributed by atoms with E-state index in [1.54, 1.807) is 30.0 Å². The first-order chi connectivity index (χ1) is 11.9. The number of hydrogen-bond acceptors (Lipinski definition) is 4. The van der Waals surface area contributed by atoms with E-state index in [1.807, 2.05) is 0 Å². The van der Waals surface area contributed by atoms with Crippen molar-refractivity contribution in [3.8, 4) is 10.6 Å². The van der Waals surface area contributed by atoms with E-state index in [2.05, 4.69) is 4.98 Å². The second kappa shape index (κ2) is 7.32. The van der Waals surface area contributed by atoms with E-state index in [0.29, 0.717) is 50.6 Å². The summed E-state index contributed by atoms with van der Waals surface area (Å²) in [6.07, 6.45) is 1.28. The smallest absolute Gasteiger partial charge is 0.308 e. The highest BCUT2D eigenvalue weighted by atomic mass is 35.5. The Hall–Kier alpha value is -1.63. The van der Waals surface area contributed by atoms with Gasteiger partial charge in [-0.1, -0.05) is 29.3 Å². The Bertz CT molecular complexity index is 817. The number of likely N-dealkylation sites (tertiary alicyclic amines) is 1. The molecule has 132 valence electrons. The molecule has 3 rings (SSSR count). The van der Waals surface area contributed by atoms with Gasteiger partial charge in [-0.3, -0.25) is 9.59 Å². The molecule has 0 saturated carbocycles. The van der Waals surface area contributed by atoms with Crippen molar-refractivity contribution in [2.24, 2.45) is 5.92 Å². The fourth-order valence-electron chi connectivity index (χ4n) is 2.91. The summed E-state index contributed by atoms with van der Waals surface area (Å²) in [5.74, 6) is -1.55. The zero-order chi connectivity index (χ0) is 18.1. The number of piperidine rings is 1. The highest BCUT2D eigenvalue weighted by molar-refractivity contribution is 7.17. The SMILES string of the molecule is Cc1nc(-c2c(Cl)cccc2Cl)sc1C(=O)N1CCC[C@H](C(=O)O)C1. The van der Waals surface area contributed by atoms with E-state index in [0.717, 1.165) is 0 Å². The normalized spacial score (nSPS) is 17.6. The number of aliphatic carboxylic acids is 1. The van der Waals surface area contributed by atoms with Crippen LogP contribution in [0.1, 0.15) is 28.2 Å². The number of benzene rings is 1. The fraction of sp³-hybridized carbons (Fsp3) is 0.353. The maximum Gasteiger partial charge on any atom is 0.308 e. The third-order valence-electron chi connectivity index (χ3n) is 4.23. The summed E-state index contributed by atoms with van der Waals surface area (Å²) in [5, 5.41) is 10.7. The lowest BCUT2D eigenvalue weighted by Crippen LogP contribution is -2.42. The number of carboxylic acids is 1. The number of halogens is 2. The molecule has 5 nitrogen and oxygen atoms in total. The van der Waals surface area contributed by atoms with Crippen LogP contribution < -0.4 is 0 Å². The number of thiazole rings is 1. The minimum Gasteiger partial charge on any atom is -0.481 e. The van der Waals surface area contributed by atoms with Gasteiger partial charge < -0.3 is 10.0 Å². The maximum absolute atomic E-state index is 12.8. The number of carbonyl (C=O) groups excluding carboxylic acids is 1. The zero-order valence-electron chi connectivity index (χ0n) is 13.5. The first kappa shape index (κ1) is 18.2. The van der Waals surface area contributed by atoms with Crippen molar-refractivity contribution < 1.29 is 14.7 Å². The highest BCUT2D eigenvalue weighted by Gasteiger charge is 2.30. The van der Waals surface area contributed by atoms with Crippen LogP contribution >= 0.6 is 34.5 Å². The van der Waals surface area contributed by atoms with Gasteiger partial charge in [0.25, 0.3) is 5.91 Å². The number of rotatable bonds is 3. The van der Waals surface area contributed by atoms with Gasteiger partial charge >= 0.3 is 5.97 Å². The number of nitrogens with zero attached hydrogens (tertiary/aromatic N) is 2. The Kier molecular flexibility index (Phi) is 5.32. The van der Waals surface area contributed by atoms with Crippen LogP contribution in [0.25, 0.3) is 10.6 Å². The van der Waals surface area contributed by atoms with E-state index < -0.39 is 11.9 Å². The molecule has 1 aromatic carbocycles. The third-order valence-corrected chi connectivity index (χ3v) is 6.02. The van der Waals surface area contributed by atoms with Gasteiger partial charge in [0, 0.05) is 18.7 Å². The molecule has 0 bridgehead atoms. The van der Waals surface area contributed by atoms with Gasteiger partial charge in [0.15, 0.2) is 0 Å². The second-order valence-electron chi connectivity index (χ2n) is 5.96. The molecule has 1 aliphatic heterocycles. The highest BCUT2D eigenvalue weighted by Crippen LogP contribution is 2.38. The van der Waals surface area contributed by atoms with Crippen LogP contribution in [0.2, 0.25) is 10.0 Å². The quantitative estimate of drug-likeness (QED) is 0.833. The Labute approximate surface area is 159 Å². The van der Waals surface area contributed by atoms with Crippen molar-refractivity contribution in [3.05, 3.63) is 38.8 Å². The van der Waals surface area contributed by atoms with Gasteiger partial charge in [0.1, 0.15) is 9.88 Å². The van der Waals surface area contributed by atoms with E-state index in [1.165, 1.54) is 11.3 Å². The predicted molar refractivity (Wildman–Crippen MR) is 98.6 cm³/mol. The second-order valence-corrected chi connectivity index (χ2v) is 7.77. The maximum atomic E-state index is 12.8. The van der Waals surface area contributed by atoms with E-state index in [-0.39, 0.29) is 12.5 Å². The summed E-state index contributed by atoms with van der Waals surface area (Å²) in [4.78, 5) is 30.6. The third kappa shape index (κ3) is 3.66. The molecule has 0 aliphatic carbocycles. The lowest BCUT2D eigenvalue weighted by Gasteiger charge is -2.30. The van der Waals surface area contributed by atoms with Gasteiger partial charge in [0.2, 0.25) is 0 Å². The van der Waals surface area contributed by atoms with Crippen molar-refractivity contribution in [1.29, 1.82) is 0 Å². The van der Waals surface area contributed by atoms with Crippen molar-refractivity contribution in [3.63, 3.8) is 0 Å². The van der Waals surface area contributed by atoms with Gasteiger partial charge in [-0.05, 0) is 31.9 Å². The Morgan fingerprint density at radius 3 is 2.64 bits per heavy atom. The number of aromatic nitrogens is 1. The summed E-state index contributed by atoms with van der Waals surface area (Å²) in [6, 6.07) is 5.20. The number of hydrogen-bond donors (Lipinski definition) is 1. The van der Waals surface area contributed by atoms with Crippen LogP contribution in [-0.4, -0.2) is 40.0 Å². The molecule has 25 heavy (non-hydrogen) atoms. The number of carbonyl (C=O) groups is 2. The molecular weight excluding hydrogens is 383 g/mol. The van der Waals surface area contributed by atoms with Crippen LogP contribution in [0, 0.1) is 12.8 Å². The fourth-order valence-corrected chi connectivity index (χ4v) is 4.71. The van der Waals surface area contributed by atoms with Crippen molar-refractivity contribution in [2.45, 2.75) is 19.8 Å². The van der Waals surface area contributed by atoms with Gasteiger partial charge in [-0.15, -0.1) is 11.3 Å². The molecule has 1 aliphatic rings. The zero-order valence-corrected chi connectivity index (χ0v) is 15.8. The molecule has 1 N–H and O–H groups in total. The molecule has 2 heterocycles. The molecule has 0 spiro atoms. The number of aryl methyl sites for hydroxylation is 1. The number of carboxylic acid groups (broad SMARTS) is 1. The van der Waals surface area contributed by atoms with Crippen LogP contribution in [-0.2, 0) is 4.79 Å². The average Bonchev–Trinajstić information content (AvgIpc) is 2.95. The van der Waals surface area contributed by atoms with Gasteiger partial charge in [-0.25, -0.2) is 4.98 Å². The summed E-state index contributed by atoms with van der Waals surface area (Å²) in [5.41, 5.74) is 1.21. The van der Waals surface area contributed by atoms with Crippen LogP contribution in [0.15, 0.2) is 18.2 Å². The monoisotopic (exact) mass is 398 g/mol. The largest absolute Gasteiger partial charge is 0.481 e. The predicted octanol–water partition coefficient (Wildman–Crippen LogP) is 4.36. The standard InChI is InChI=1S/C17H16Cl2N2O3S/c1-9-14(16(22)21-7-3-4-10(8-21)17(23)24)25-15(20-9)13-11(18)5-2-6-12(13)19/h2,5-6,10H,3-4,7-8H2,1H3,(H,23,24)/t10-/m0/s1. The first-order valence-electron chi connectivity index (χ1n) is 7.82. The van der Waals surface area contributed by atoms with Crippen LogP contribution in [0.5, 0.6) is 0 Å². The first-order valence-corrected chi connectivity index (χ1v) is 9.39. The summed E-state index contributed by atoms with van der Waals surface area (Å²) in [7, 11) is 0. The lowest BCUT2D eigenvalue weighted by molar-refractivity contribution is -0.143. The van der Waals surface area contributed by atoms with E-state index >= 15 is 0 Å². The molecule has 1 amide bonds. The molecule has 1 atom stereocenters. The van der Waals surface area contributed by atoms with Crippen LogP contribution in [0.3, 0.4) is 0 Å². The average molecular weight is 399 g/mol. The molecule has 1 saturated heterocycles. The lowest BCUT2D eigenvalue weighted by atomic mass is 9.98. The minimum absolute atomic E-state index is 0.185.